The van der Waals surface area contributed by atoms with Crippen molar-refractivity contribution in [3.8, 4) is 5.75 Å². The van der Waals surface area contributed by atoms with E-state index in [0.29, 0.717) is 5.75 Å². The molecule has 0 atom stereocenters. The van der Waals surface area contributed by atoms with Crippen molar-refractivity contribution in [3.63, 3.8) is 0 Å². The molecule has 3 rings (SSSR count). The smallest absolute Gasteiger partial charge is 0.330 e. The van der Waals surface area contributed by atoms with Gasteiger partial charge in [0.2, 0.25) is 0 Å². The molecule has 2 aromatic rings. The maximum Gasteiger partial charge on any atom is 0.330 e. The Morgan fingerprint density at radius 2 is 1.81 bits per heavy atom. The summed E-state index contributed by atoms with van der Waals surface area (Å²) < 4.78 is 35.5. The van der Waals surface area contributed by atoms with Crippen LogP contribution in [0.25, 0.3) is 6.08 Å². The van der Waals surface area contributed by atoms with Crippen LogP contribution in [0.4, 0.5) is 0 Å². The molecule has 2 aromatic carbocycles. The van der Waals surface area contributed by atoms with Crippen LogP contribution in [0.5, 0.6) is 5.75 Å². The highest BCUT2D eigenvalue weighted by molar-refractivity contribution is 7.90. The van der Waals surface area contributed by atoms with Gasteiger partial charge in [-0.15, -0.1) is 0 Å². The van der Waals surface area contributed by atoms with Crippen LogP contribution in [-0.2, 0) is 19.6 Å². The summed E-state index contributed by atoms with van der Waals surface area (Å²) in [5, 5.41) is 0. The summed E-state index contributed by atoms with van der Waals surface area (Å²) >= 11 is 0. The molecule has 1 aliphatic heterocycles. The number of benzene rings is 2. The fourth-order valence-electron chi connectivity index (χ4n) is 2.61. The zero-order chi connectivity index (χ0) is 19.4. The molecular formula is C19H17NO6S. The van der Waals surface area contributed by atoms with E-state index < -0.39 is 21.9 Å². The van der Waals surface area contributed by atoms with Crippen molar-refractivity contribution in [1.82, 2.24) is 4.31 Å². The zero-order valence-corrected chi connectivity index (χ0v) is 15.3. The van der Waals surface area contributed by atoms with Gasteiger partial charge in [-0.1, -0.05) is 24.3 Å². The van der Waals surface area contributed by atoms with Gasteiger partial charge in [-0.05, 0) is 35.9 Å². The van der Waals surface area contributed by atoms with Crippen molar-refractivity contribution < 1.29 is 27.5 Å². The van der Waals surface area contributed by atoms with Crippen LogP contribution < -0.4 is 4.74 Å². The first-order valence-electron chi connectivity index (χ1n) is 8.08. The first-order chi connectivity index (χ1) is 12.9. The predicted molar refractivity (Wildman–Crippen MR) is 97.7 cm³/mol. The lowest BCUT2D eigenvalue weighted by molar-refractivity contribution is -0.137. The van der Waals surface area contributed by atoms with Gasteiger partial charge in [0.1, 0.15) is 17.3 Å². The van der Waals surface area contributed by atoms with E-state index in [-0.39, 0.29) is 23.6 Å². The molecule has 0 radical (unpaired) electrons. The second kappa shape index (κ2) is 7.63. The lowest BCUT2D eigenvalue weighted by atomic mass is 10.2. The summed E-state index contributed by atoms with van der Waals surface area (Å²) in [5.74, 6) is -0.546. The van der Waals surface area contributed by atoms with E-state index in [4.69, 9.17) is 9.47 Å². The highest BCUT2D eigenvalue weighted by Gasteiger charge is 2.40. The van der Waals surface area contributed by atoms with E-state index >= 15 is 0 Å². The molecule has 7 nitrogen and oxygen atoms in total. The van der Waals surface area contributed by atoms with Crippen molar-refractivity contribution in [2.75, 3.05) is 20.3 Å². The van der Waals surface area contributed by atoms with Crippen LogP contribution in [0, 0.1) is 0 Å². The molecular weight excluding hydrogens is 370 g/mol. The highest BCUT2D eigenvalue weighted by Crippen LogP contribution is 2.29. The first-order valence-corrected chi connectivity index (χ1v) is 9.52. The predicted octanol–water partition coefficient (Wildman–Crippen LogP) is 2.10. The molecule has 0 unspecified atom stereocenters. The van der Waals surface area contributed by atoms with Crippen molar-refractivity contribution in [2.24, 2.45) is 0 Å². The Kier molecular flexibility index (Phi) is 5.27. The standard InChI is InChI=1S/C19H17NO6S/c1-25-15-9-6-14(7-10-15)8-11-18(21)26-13-12-20-19(22)16-4-2-3-5-17(16)27(20,23)24/h2-11H,12-13H2,1H3/b11-8+. The SMILES string of the molecule is COc1ccc(/C=C/C(=O)OCCN2C(=O)c3ccccc3S2(=O)=O)cc1. The fraction of sp³-hybridized carbons (Fsp3) is 0.158. The molecule has 1 amide bonds. The first kappa shape index (κ1) is 18.7. The van der Waals surface area contributed by atoms with E-state index in [1.807, 2.05) is 0 Å². The molecule has 0 bridgehead atoms. The minimum absolute atomic E-state index is 0.0271. The van der Waals surface area contributed by atoms with Crippen molar-refractivity contribution in [3.05, 3.63) is 65.7 Å². The number of sulfonamides is 1. The molecule has 0 aliphatic carbocycles. The number of rotatable bonds is 6. The molecule has 0 saturated carbocycles. The average Bonchev–Trinajstić information content (AvgIpc) is 2.87. The Morgan fingerprint density at radius 1 is 1.11 bits per heavy atom. The van der Waals surface area contributed by atoms with Crippen LogP contribution in [0.3, 0.4) is 0 Å². The molecule has 0 N–H and O–H groups in total. The van der Waals surface area contributed by atoms with Gasteiger partial charge in [-0.25, -0.2) is 17.5 Å². The minimum atomic E-state index is -3.89. The molecule has 0 spiro atoms. The number of esters is 1. The number of methoxy groups -OCH3 is 1. The van der Waals surface area contributed by atoms with Crippen molar-refractivity contribution in [2.45, 2.75) is 4.90 Å². The molecule has 8 heteroatoms. The maximum atomic E-state index is 12.4. The number of hydrogen-bond acceptors (Lipinski definition) is 6. The van der Waals surface area contributed by atoms with Gasteiger partial charge in [0.25, 0.3) is 15.9 Å². The summed E-state index contributed by atoms with van der Waals surface area (Å²) in [6.45, 7) is -0.470. The van der Waals surface area contributed by atoms with Crippen molar-refractivity contribution >= 4 is 28.0 Å². The van der Waals surface area contributed by atoms with Gasteiger partial charge in [0.15, 0.2) is 0 Å². The molecule has 0 saturated heterocycles. The highest BCUT2D eigenvalue weighted by atomic mass is 32.2. The van der Waals surface area contributed by atoms with E-state index in [1.165, 1.54) is 18.2 Å². The van der Waals surface area contributed by atoms with Crippen LogP contribution in [-0.4, -0.2) is 44.9 Å². The van der Waals surface area contributed by atoms with E-state index in [1.54, 1.807) is 49.6 Å². The number of hydrogen-bond donors (Lipinski definition) is 0. The summed E-state index contributed by atoms with van der Waals surface area (Å²) in [7, 11) is -2.33. The summed E-state index contributed by atoms with van der Waals surface area (Å²) in [6.07, 6.45) is 2.80. The van der Waals surface area contributed by atoms with Gasteiger partial charge in [-0.2, -0.15) is 0 Å². The number of ether oxygens (including phenoxy) is 2. The van der Waals surface area contributed by atoms with Crippen LogP contribution in [0.15, 0.2) is 59.5 Å². The van der Waals surface area contributed by atoms with Gasteiger partial charge in [0.05, 0.1) is 19.2 Å². The van der Waals surface area contributed by atoms with Gasteiger partial charge >= 0.3 is 5.97 Å². The summed E-state index contributed by atoms with van der Waals surface area (Å²) in [4.78, 5) is 24.0. The molecule has 0 aromatic heterocycles. The fourth-order valence-corrected chi connectivity index (χ4v) is 4.16. The maximum absolute atomic E-state index is 12.4. The zero-order valence-electron chi connectivity index (χ0n) is 14.5. The Bertz CT molecular complexity index is 995. The second-order valence-corrected chi connectivity index (χ2v) is 7.48. The number of fused-ring (bicyclic) bond motifs is 1. The minimum Gasteiger partial charge on any atom is -0.497 e. The molecule has 0 fully saturated rings. The summed E-state index contributed by atoms with van der Waals surface area (Å²) in [6, 6.07) is 13.0. The lowest BCUT2D eigenvalue weighted by Gasteiger charge is -2.14. The van der Waals surface area contributed by atoms with Crippen molar-refractivity contribution in [1.29, 1.82) is 0 Å². The number of carbonyl (C=O) groups is 2. The molecule has 27 heavy (non-hydrogen) atoms. The Hall–Kier alpha value is -3.13. The van der Waals surface area contributed by atoms with Crippen LogP contribution in [0.1, 0.15) is 15.9 Å². The Balaban J connectivity index is 1.56. The van der Waals surface area contributed by atoms with Crippen LogP contribution in [0.2, 0.25) is 0 Å². The number of nitrogens with zero attached hydrogens (tertiary/aromatic N) is 1. The molecule has 140 valence electrons. The van der Waals surface area contributed by atoms with E-state index in [2.05, 4.69) is 0 Å². The second-order valence-electron chi connectivity index (χ2n) is 5.65. The topological polar surface area (TPSA) is 90.0 Å². The van der Waals surface area contributed by atoms with Crippen LogP contribution >= 0.6 is 0 Å². The quantitative estimate of drug-likeness (QED) is 0.557. The van der Waals surface area contributed by atoms with Gasteiger partial charge in [0, 0.05) is 6.08 Å². The van der Waals surface area contributed by atoms with Gasteiger partial charge < -0.3 is 9.47 Å². The Labute approximate surface area is 156 Å². The third-order valence-corrected chi connectivity index (χ3v) is 5.82. The van der Waals surface area contributed by atoms with E-state index in [9.17, 15) is 18.0 Å². The molecule has 1 heterocycles. The lowest BCUT2D eigenvalue weighted by Crippen LogP contribution is -2.33. The normalized spacial score (nSPS) is 15.0. The third kappa shape index (κ3) is 3.85. The number of amides is 1. The Morgan fingerprint density at radius 3 is 2.48 bits per heavy atom. The summed E-state index contributed by atoms with van der Waals surface area (Å²) in [5.41, 5.74) is 0.906. The monoisotopic (exact) mass is 387 g/mol. The third-order valence-electron chi connectivity index (χ3n) is 3.98. The average molecular weight is 387 g/mol. The van der Waals surface area contributed by atoms with E-state index in [0.717, 1.165) is 9.87 Å². The molecule has 1 aliphatic rings. The number of carbonyl (C=O) groups excluding carboxylic acids is 2. The van der Waals surface area contributed by atoms with Gasteiger partial charge in [-0.3, -0.25) is 4.79 Å². The largest absolute Gasteiger partial charge is 0.497 e.